The lowest BCUT2D eigenvalue weighted by molar-refractivity contribution is 0.395. The molecule has 0 nitrogen and oxygen atoms in total. The van der Waals surface area contributed by atoms with Crippen LogP contribution < -0.4 is 0 Å². The Morgan fingerprint density at radius 2 is 1.86 bits per heavy atom. The molecule has 2 rings (SSSR count). The van der Waals surface area contributed by atoms with Gasteiger partial charge in [-0.15, -0.1) is 0 Å². The van der Waals surface area contributed by atoms with Crippen molar-refractivity contribution in [2.75, 3.05) is 0 Å². The van der Waals surface area contributed by atoms with Crippen LogP contribution in [0.25, 0.3) is 0 Å². The van der Waals surface area contributed by atoms with E-state index < -0.39 is 0 Å². The molecule has 0 radical (unpaired) electrons. The van der Waals surface area contributed by atoms with Crippen LogP contribution in [0.4, 0.5) is 0 Å². The first kappa shape index (κ1) is 17.3. The van der Waals surface area contributed by atoms with E-state index in [-0.39, 0.29) is 0 Å². The summed E-state index contributed by atoms with van der Waals surface area (Å²) in [5.41, 5.74) is 3.29. The van der Waals surface area contributed by atoms with Crippen LogP contribution in [0.2, 0.25) is 0 Å². The van der Waals surface area contributed by atoms with Crippen molar-refractivity contribution in [2.24, 2.45) is 11.8 Å². The molecule has 1 aliphatic carbocycles. The van der Waals surface area contributed by atoms with Crippen molar-refractivity contribution in [1.29, 1.82) is 0 Å². The fourth-order valence-electron chi connectivity index (χ4n) is 4.01. The van der Waals surface area contributed by atoms with Gasteiger partial charge >= 0.3 is 0 Å². The lowest BCUT2D eigenvalue weighted by Gasteiger charge is -2.27. The van der Waals surface area contributed by atoms with Crippen molar-refractivity contribution >= 4 is 0 Å². The second-order valence-corrected chi connectivity index (χ2v) is 7.07. The molecule has 122 valence electrons. The van der Waals surface area contributed by atoms with Gasteiger partial charge in [0, 0.05) is 0 Å². The minimum atomic E-state index is 0.858. The van der Waals surface area contributed by atoms with Crippen LogP contribution in [0.3, 0.4) is 0 Å². The van der Waals surface area contributed by atoms with Gasteiger partial charge in [-0.1, -0.05) is 75.1 Å². The van der Waals surface area contributed by atoms with E-state index >= 15 is 0 Å². The maximum absolute atomic E-state index is 2.62. The van der Waals surface area contributed by atoms with Crippen LogP contribution in [-0.2, 0) is 6.42 Å². The maximum atomic E-state index is 2.62. The Morgan fingerprint density at radius 1 is 1.05 bits per heavy atom. The molecule has 22 heavy (non-hydrogen) atoms. The Balaban J connectivity index is 1.82. The summed E-state index contributed by atoms with van der Waals surface area (Å²) in [7, 11) is 0. The van der Waals surface area contributed by atoms with E-state index in [1.807, 2.05) is 0 Å². The highest BCUT2D eigenvalue weighted by atomic mass is 14.2. The van der Waals surface area contributed by atoms with Crippen LogP contribution in [0, 0.1) is 11.8 Å². The number of rotatable bonds is 9. The normalized spacial score (nSPS) is 19.7. The number of hydrogen-bond donors (Lipinski definition) is 0. The van der Waals surface area contributed by atoms with E-state index in [0.29, 0.717) is 0 Å². The van der Waals surface area contributed by atoms with Crippen molar-refractivity contribution in [3.8, 4) is 0 Å². The van der Waals surface area contributed by atoms with Gasteiger partial charge in [-0.25, -0.2) is 0 Å². The van der Waals surface area contributed by atoms with Crippen molar-refractivity contribution in [3.63, 3.8) is 0 Å². The molecule has 0 saturated heterocycles. The Kier molecular flexibility index (Phi) is 7.77. The second-order valence-electron chi connectivity index (χ2n) is 7.07. The summed E-state index contributed by atoms with van der Waals surface area (Å²) in [4.78, 5) is 0. The van der Waals surface area contributed by atoms with Crippen LogP contribution in [0.5, 0.6) is 0 Å². The first-order chi connectivity index (χ1) is 10.8. The molecule has 0 amide bonds. The number of aryl methyl sites for hydroxylation is 1. The topological polar surface area (TPSA) is 0 Å². The molecule has 0 fully saturated rings. The Bertz CT molecular complexity index is 429. The second kappa shape index (κ2) is 9.87. The fraction of sp³-hybridized carbons (Fsp3) is 0.636. The molecule has 2 unspecified atom stereocenters. The zero-order chi connectivity index (χ0) is 15.6. The number of allylic oxidation sites excluding steroid dienone is 2. The summed E-state index contributed by atoms with van der Waals surface area (Å²) in [6.45, 7) is 4.66. The lowest BCUT2D eigenvalue weighted by atomic mass is 9.79. The van der Waals surface area contributed by atoms with Gasteiger partial charge in [0.2, 0.25) is 0 Å². The SMILES string of the molecule is CCCC1CC=C(C(CCC)CCCc2ccccc2)CC1. The minimum Gasteiger partial charge on any atom is -0.0848 e. The first-order valence-corrected chi connectivity index (χ1v) is 9.56. The summed E-state index contributed by atoms with van der Waals surface area (Å²) in [5.74, 6) is 1.83. The molecular formula is C22H34. The standard InChI is InChI=1S/C22H34/c1-3-9-19-15-17-22(18-16-19)21(10-4-2)14-8-13-20-11-6-5-7-12-20/h5-7,11-12,17,19,21H,3-4,8-10,13-16,18H2,1-2H3. The molecule has 0 saturated carbocycles. The molecule has 2 atom stereocenters. The van der Waals surface area contributed by atoms with E-state index in [9.17, 15) is 0 Å². The smallest absolute Gasteiger partial charge is 0.0203 e. The average Bonchev–Trinajstić information content (AvgIpc) is 2.56. The maximum Gasteiger partial charge on any atom is -0.0203 e. The Morgan fingerprint density at radius 3 is 2.50 bits per heavy atom. The molecule has 0 spiro atoms. The van der Waals surface area contributed by atoms with Gasteiger partial charge < -0.3 is 0 Å². The van der Waals surface area contributed by atoms with E-state index in [0.717, 1.165) is 11.8 Å². The van der Waals surface area contributed by atoms with Gasteiger partial charge in [0.05, 0.1) is 0 Å². The van der Waals surface area contributed by atoms with Crippen molar-refractivity contribution in [3.05, 3.63) is 47.5 Å². The van der Waals surface area contributed by atoms with Crippen LogP contribution in [0.1, 0.15) is 77.2 Å². The summed E-state index contributed by atoms with van der Waals surface area (Å²) >= 11 is 0. The molecule has 0 heterocycles. The van der Waals surface area contributed by atoms with E-state index in [1.165, 1.54) is 69.8 Å². The van der Waals surface area contributed by atoms with E-state index in [2.05, 4.69) is 50.3 Å². The monoisotopic (exact) mass is 298 g/mol. The van der Waals surface area contributed by atoms with Gasteiger partial charge in [-0.3, -0.25) is 0 Å². The number of benzene rings is 1. The quantitative estimate of drug-likeness (QED) is 0.433. The van der Waals surface area contributed by atoms with Crippen LogP contribution in [-0.4, -0.2) is 0 Å². The highest BCUT2D eigenvalue weighted by Crippen LogP contribution is 2.34. The highest BCUT2D eigenvalue weighted by Gasteiger charge is 2.19. The lowest BCUT2D eigenvalue weighted by Crippen LogP contribution is -2.12. The van der Waals surface area contributed by atoms with Crippen molar-refractivity contribution in [1.82, 2.24) is 0 Å². The molecule has 0 N–H and O–H groups in total. The third-order valence-corrected chi connectivity index (χ3v) is 5.27. The van der Waals surface area contributed by atoms with Crippen molar-refractivity contribution in [2.45, 2.75) is 78.1 Å². The highest BCUT2D eigenvalue weighted by molar-refractivity contribution is 5.15. The predicted molar refractivity (Wildman–Crippen MR) is 98.1 cm³/mol. The summed E-state index contributed by atoms with van der Waals surface area (Å²) < 4.78 is 0. The summed E-state index contributed by atoms with van der Waals surface area (Å²) in [5, 5.41) is 0. The average molecular weight is 299 g/mol. The molecule has 0 bridgehead atoms. The molecule has 0 aromatic heterocycles. The third kappa shape index (κ3) is 5.63. The Hall–Kier alpha value is -1.04. The molecule has 1 aromatic carbocycles. The molecule has 1 aliphatic rings. The van der Waals surface area contributed by atoms with Crippen LogP contribution in [0.15, 0.2) is 42.0 Å². The van der Waals surface area contributed by atoms with Gasteiger partial charge in [0.25, 0.3) is 0 Å². The minimum absolute atomic E-state index is 0.858. The van der Waals surface area contributed by atoms with E-state index in [4.69, 9.17) is 0 Å². The summed E-state index contributed by atoms with van der Waals surface area (Å²) in [6, 6.07) is 11.0. The van der Waals surface area contributed by atoms with Gasteiger partial charge in [-0.2, -0.15) is 0 Å². The van der Waals surface area contributed by atoms with Crippen molar-refractivity contribution < 1.29 is 0 Å². The molecular weight excluding hydrogens is 264 g/mol. The van der Waals surface area contributed by atoms with Gasteiger partial charge in [-0.05, 0) is 62.3 Å². The zero-order valence-electron chi connectivity index (χ0n) is 14.7. The third-order valence-electron chi connectivity index (χ3n) is 5.27. The summed E-state index contributed by atoms with van der Waals surface area (Å²) in [6.07, 6.45) is 16.2. The zero-order valence-corrected chi connectivity index (χ0v) is 14.7. The first-order valence-electron chi connectivity index (χ1n) is 9.56. The van der Waals surface area contributed by atoms with Gasteiger partial charge in [0.1, 0.15) is 0 Å². The number of hydrogen-bond acceptors (Lipinski definition) is 0. The largest absolute Gasteiger partial charge is 0.0848 e. The van der Waals surface area contributed by atoms with Crippen LogP contribution >= 0.6 is 0 Å². The fourth-order valence-corrected chi connectivity index (χ4v) is 4.01. The van der Waals surface area contributed by atoms with Gasteiger partial charge in [0.15, 0.2) is 0 Å². The molecule has 1 aromatic rings. The Labute approximate surface area is 138 Å². The molecule has 0 heteroatoms. The predicted octanol–water partition coefficient (Wildman–Crippen LogP) is 6.95. The molecule has 0 aliphatic heterocycles. The van der Waals surface area contributed by atoms with E-state index in [1.54, 1.807) is 5.57 Å².